The number of aliphatic hydroxyl groups excluding tert-OH is 1. The molecule has 180 valence electrons. The zero-order valence-electron chi connectivity index (χ0n) is 19.9. The maximum absolute atomic E-state index is 9.58. The molecule has 0 unspecified atom stereocenters. The van der Waals surface area contributed by atoms with Crippen LogP contribution in [-0.2, 0) is 6.42 Å². The molecule has 4 aromatic heterocycles. The predicted octanol–water partition coefficient (Wildman–Crippen LogP) is 3.38. The lowest BCUT2D eigenvalue weighted by Crippen LogP contribution is -2.04. The number of imidazole rings is 1. The summed E-state index contributed by atoms with van der Waals surface area (Å²) in [7, 11) is 1.60. The van der Waals surface area contributed by atoms with Crippen LogP contribution in [0.2, 0.25) is 0 Å². The molecule has 0 aliphatic rings. The van der Waals surface area contributed by atoms with Gasteiger partial charge in [-0.25, -0.2) is 9.97 Å². The van der Waals surface area contributed by atoms with Gasteiger partial charge in [-0.15, -0.1) is 5.10 Å². The Hall–Kier alpha value is -4.82. The third kappa shape index (κ3) is 4.10. The molecule has 1 aromatic carbocycles. The van der Waals surface area contributed by atoms with Crippen LogP contribution in [0.3, 0.4) is 0 Å². The molecule has 11 heteroatoms. The minimum atomic E-state index is -0.0425. The molecule has 0 spiro atoms. The molecule has 0 radical (unpaired) electrons. The fraction of sp³-hybridized carbons (Fsp3) is 0.200. The van der Waals surface area contributed by atoms with E-state index in [-0.39, 0.29) is 12.3 Å². The number of anilines is 2. The minimum Gasteiger partial charge on any atom is -0.494 e. The molecule has 5 rings (SSSR count). The molecule has 0 aliphatic carbocycles. The van der Waals surface area contributed by atoms with E-state index in [9.17, 15) is 10.4 Å². The number of rotatable bonds is 7. The average Bonchev–Trinajstić information content (AvgIpc) is 3.48. The Morgan fingerprint density at radius 2 is 2.03 bits per heavy atom. The lowest BCUT2D eigenvalue weighted by molar-refractivity contribution is 0.299. The fourth-order valence-corrected chi connectivity index (χ4v) is 4.04. The number of nitrogens with zero attached hydrogens (tertiary/aromatic N) is 7. The number of pyridine rings is 1. The molecular weight excluding hydrogens is 458 g/mol. The van der Waals surface area contributed by atoms with Gasteiger partial charge in [-0.05, 0) is 50.1 Å². The van der Waals surface area contributed by atoms with E-state index in [1.165, 1.54) is 0 Å². The quantitative estimate of drug-likeness (QED) is 0.318. The first-order valence-corrected chi connectivity index (χ1v) is 11.2. The highest BCUT2D eigenvalue weighted by molar-refractivity contribution is 5.86. The van der Waals surface area contributed by atoms with Crippen LogP contribution in [0.15, 0.2) is 42.7 Å². The summed E-state index contributed by atoms with van der Waals surface area (Å²) < 4.78 is 7.49. The summed E-state index contributed by atoms with van der Waals surface area (Å²) in [5.74, 6) is 1.79. The van der Waals surface area contributed by atoms with Gasteiger partial charge in [-0.3, -0.25) is 9.67 Å². The van der Waals surface area contributed by atoms with Gasteiger partial charge in [0.15, 0.2) is 11.5 Å². The van der Waals surface area contributed by atoms with E-state index in [1.807, 2.05) is 54.8 Å². The second-order valence-corrected chi connectivity index (χ2v) is 8.18. The number of ether oxygens (including phenoxy) is 1. The number of hydrogen-bond donors (Lipinski definition) is 3. The molecule has 0 saturated carbocycles. The lowest BCUT2D eigenvalue weighted by atomic mass is 10.0. The number of aliphatic hydroxyl groups is 1. The number of methoxy groups -OCH3 is 1. The maximum atomic E-state index is 9.58. The van der Waals surface area contributed by atoms with Gasteiger partial charge in [-0.2, -0.15) is 15.5 Å². The van der Waals surface area contributed by atoms with Crippen molar-refractivity contribution in [1.29, 1.82) is 5.26 Å². The van der Waals surface area contributed by atoms with E-state index in [2.05, 4.69) is 36.8 Å². The van der Waals surface area contributed by atoms with Crippen molar-refractivity contribution < 1.29 is 9.84 Å². The third-order valence-corrected chi connectivity index (χ3v) is 5.81. The van der Waals surface area contributed by atoms with Crippen molar-refractivity contribution >= 4 is 22.5 Å². The van der Waals surface area contributed by atoms with Crippen molar-refractivity contribution in [2.45, 2.75) is 20.3 Å². The number of nitriles is 1. The predicted molar refractivity (Wildman–Crippen MR) is 133 cm³/mol. The summed E-state index contributed by atoms with van der Waals surface area (Å²) in [5.41, 5.74) is 6.04. The van der Waals surface area contributed by atoms with Gasteiger partial charge in [0, 0.05) is 18.4 Å². The molecule has 0 amide bonds. The van der Waals surface area contributed by atoms with Crippen LogP contribution in [0, 0.1) is 25.2 Å². The van der Waals surface area contributed by atoms with E-state index in [0.717, 1.165) is 28.0 Å². The summed E-state index contributed by atoms with van der Waals surface area (Å²) in [6, 6.07) is 13.3. The van der Waals surface area contributed by atoms with E-state index in [0.29, 0.717) is 40.8 Å². The summed E-state index contributed by atoms with van der Waals surface area (Å²) in [4.78, 5) is 9.45. The second-order valence-electron chi connectivity index (χ2n) is 8.18. The third-order valence-electron chi connectivity index (χ3n) is 5.81. The Morgan fingerprint density at radius 3 is 2.75 bits per heavy atom. The summed E-state index contributed by atoms with van der Waals surface area (Å²) in [6.45, 7) is 3.67. The minimum absolute atomic E-state index is 0.0425. The summed E-state index contributed by atoms with van der Waals surface area (Å²) in [6.07, 6.45) is 2.08. The van der Waals surface area contributed by atoms with E-state index in [4.69, 9.17) is 9.72 Å². The lowest BCUT2D eigenvalue weighted by Gasteiger charge is -2.13. The Morgan fingerprint density at radius 1 is 1.17 bits per heavy atom. The monoisotopic (exact) mass is 481 g/mol. The number of nitrogens with one attached hydrogen (secondary N) is 2. The smallest absolute Gasteiger partial charge is 0.171 e. The van der Waals surface area contributed by atoms with Gasteiger partial charge >= 0.3 is 0 Å². The van der Waals surface area contributed by atoms with Crippen LogP contribution >= 0.6 is 0 Å². The Kier molecular flexibility index (Phi) is 6.02. The summed E-state index contributed by atoms with van der Waals surface area (Å²) >= 11 is 0. The van der Waals surface area contributed by atoms with Gasteiger partial charge in [0.1, 0.15) is 24.0 Å². The topological polar surface area (TPSA) is 150 Å². The van der Waals surface area contributed by atoms with Crippen LogP contribution in [0.1, 0.15) is 22.6 Å². The van der Waals surface area contributed by atoms with Gasteiger partial charge in [-0.1, -0.05) is 6.07 Å². The van der Waals surface area contributed by atoms with Gasteiger partial charge in [0.2, 0.25) is 0 Å². The highest BCUT2D eigenvalue weighted by atomic mass is 16.5. The van der Waals surface area contributed by atoms with Crippen LogP contribution in [-0.4, -0.2) is 53.8 Å². The Bertz CT molecular complexity index is 1600. The van der Waals surface area contributed by atoms with Gasteiger partial charge in [0.05, 0.1) is 40.8 Å². The number of H-pyrrole nitrogens is 1. The zero-order chi connectivity index (χ0) is 25.2. The number of hydrogen-bond acceptors (Lipinski definition) is 9. The molecule has 36 heavy (non-hydrogen) atoms. The Labute approximate surface area is 206 Å². The first-order valence-electron chi connectivity index (χ1n) is 11.2. The fourth-order valence-electron chi connectivity index (χ4n) is 4.04. The Balaban J connectivity index is 1.61. The van der Waals surface area contributed by atoms with E-state index >= 15 is 0 Å². The molecule has 11 nitrogen and oxygen atoms in total. The number of fused-ring (bicyclic) bond motifs is 1. The van der Waals surface area contributed by atoms with Crippen LogP contribution in [0.5, 0.6) is 5.75 Å². The van der Waals surface area contributed by atoms with Crippen molar-refractivity contribution in [3.8, 4) is 28.9 Å². The molecule has 0 aliphatic heterocycles. The highest BCUT2D eigenvalue weighted by Gasteiger charge is 2.19. The molecular formula is C25H23N9O2. The second kappa shape index (κ2) is 9.44. The first kappa shape index (κ1) is 22.9. The number of benzene rings is 1. The summed E-state index contributed by atoms with van der Waals surface area (Å²) in [5, 5.41) is 37.5. The van der Waals surface area contributed by atoms with Crippen LogP contribution in [0.4, 0.5) is 11.5 Å². The van der Waals surface area contributed by atoms with Gasteiger partial charge < -0.3 is 15.2 Å². The van der Waals surface area contributed by atoms with Crippen LogP contribution in [0.25, 0.3) is 28.1 Å². The zero-order valence-corrected chi connectivity index (χ0v) is 19.9. The first-order chi connectivity index (χ1) is 17.5. The molecule has 0 saturated heterocycles. The molecule has 0 fully saturated rings. The molecule has 4 heterocycles. The molecule has 0 atom stereocenters. The van der Waals surface area contributed by atoms with Crippen molar-refractivity contribution in [2.75, 3.05) is 19.0 Å². The SMILES string of the molecule is COc1cc2c(cc1Nc1ccc(C)nn1)ncn2-c1ccc(CCO)c(-c2c(C#N)n[nH]c2C)n1. The van der Waals surface area contributed by atoms with Gasteiger partial charge in [0.25, 0.3) is 0 Å². The standard InChI is InChI=1S/C25H23N9O2/c1-14-4-6-22(33-30-14)28-18-10-17-20(11-21(18)36-3)34(13-27-17)23-7-5-16(8-9-35)25(29-23)24-15(2)31-32-19(24)12-26/h4-7,10-11,13,35H,8-9H2,1-3H3,(H,28,33)(H,31,32). The maximum Gasteiger partial charge on any atom is 0.171 e. The number of aryl methyl sites for hydroxylation is 2. The molecule has 0 bridgehead atoms. The van der Waals surface area contributed by atoms with Crippen molar-refractivity contribution in [3.63, 3.8) is 0 Å². The highest BCUT2D eigenvalue weighted by Crippen LogP contribution is 2.34. The molecule has 5 aromatic rings. The number of aromatic nitrogens is 7. The normalized spacial score (nSPS) is 11.0. The van der Waals surface area contributed by atoms with Crippen molar-refractivity contribution in [2.24, 2.45) is 0 Å². The van der Waals surface area contributed by atoms with E-state index < -0.39 is 0 Å². The van der Waals surface area contributed by atoms with Crippen molar-refractivity contribution in [3.05, 3.63) is 65.4 Å². The van der Waals surface area contributed by atoms with E-state index in [1.54, 1.807) is 13.4 Å². The average molecular weight is 482 g/mol. The van der Waals surface area contributed by atoms with Crippen LogP contribution < -0.4 is 10.1 Å². The van der Waals surface area contributed by atoms with Crippen molar-refractivity contribution in [1.82, 2.24) is 34.9 Å². The molecule has 3 N–H and O–H groups in total. The number of aromatic amines is 1. The largest absolute Gasteiger partial charge is 0.494 e.